The van der Waals surface area contributed by atoms with Gasteiger partial charge < -0.3 is 9.52 Å². The number of rotatable bonds is 6. The highest BCUT2D eigenvalue weighted by Crippen LogP contribution is 2.33. The van der Waals surface area contributed by atoms with Crippen molar-refractivity contribution in [3.8, 4) is 0 Å². The lowest BCUT2D eigenvalue weighted by atomic mass is 10.1. The summed E-state index contributed by atoms with van der Waals surface area (Å²) in [6.07, 6.45) is 7.60. The second kappa shape index (κ2) is 7.42. The number of hydrogen-bond donors (Lipinski definition) is 1. The van der Waals surface area contributed by atoms with E-state index in [1.807, 2.05) is 6.92 Å². The molecular formula is C15H15NO4S2. The maximum absolute atomic E-state index is 12.4. The number of carboxylic acid groups (broad SMARTS) is 1. The van der Waals surface area contributed by atoms with Gasteiger partial charge in [-0.05, 0) is 30.7 Å². The zero-order valence-electron chi connectivity index (χ0n) is 11.9. The first-order chi connectivity index (χ1) is 10.5. The van der Waals surface area contributed by atoms with E-state index in [1.54, 1.807) is 36.6 Å². The molecule has 1 aliphatic rings. The summed E-state index contributed by atoms with van der Waals surface area (Å²) in [5.41, 5.74) is 0. The van der Waals surface area contributed by atoms with Gasteiger partial charge in [0.25, 0.3) is 5.91 Å². The SMILES string of the molecule is CCCC(C(=O)O)N1C(=O)C(=CC=Cc2ccco2)SC1=S. The summed E-state index contributed by atoms with van der Waals surface area (Å²) in [4.78, 5) is 25.3. The smallest absolute Gasteiger partial charge is 0.326 e. The van der Waals surface area contributed by atoms with Gasteiger partial charge in [0.1, 0.15) is 16.1 Å². The van der Waals surface area contributed by atoms with Crippen molar-refractivity contribution in [1.29, 1.82) is 0 Å². The fraction of sp³-hybridized carbons (Fsp3) is 0.267. The second-order valence-corrected chi connectivity index (χ2v) is 6.27. The van der Waals surface area contributed by atoms with E-state index in [-0.39, 0.29) is 10.2 Å². The lowest BCUT2D eigenvalue weighted by Gasteiger charge is -2.22. The molecule has 22 heavy (non-hydrogen) atoms. The van der Waals surface area contributed by atoms with Crippen LogP contribution in [-0.2, 0) is 9.59 Å². The summed E-state index contributed by atoms with van der Waals surface area (Å²) in [5.74, 6) is -0.730. The summed E-state index contributed by atoms with van der Waals surface area (Å²) in [7, 11) is 0. The van der Waals surface area contributed by atoms with E-state index in [4.69, 9.17) is 16.6 Å². The van der Waals surface area contributed by atoms with E-state index in [0.717, 1.165) is 11.8 Å². The number of carbonyl (C=O) groups excluding carboxylic acids is 1. The molecule has 7 heteroatoms. The molecule has 1 aromatic rings. The molecule has 1 N–H and O–H groups in total. The molecule has 116 valence electrons. The van der Waals surface area contributed by atoms with Gasteiger partial charge in [0.2, 0.25) is 0 Å². The van der Waals surface area contributed by atoms with E-state index in [9.17, 15) is 14.7 Å². The summed E-state index contributed by atoms with van der Waals surface area (Å²) >= 11 is 6.27. The average molecular weight is 337 g/mol. The van der Waals surface area contributed by atoms with Gasteiger partial charge in [-0.25, -0.2) is 4.79 Å². The number of allylic oxidation sites excluding steroid dienone is 2. The number of carbonyl (C=O) groups is 2. The third-order valence-electron chi connectivity index (χ3n) is 3.03. The van der Waals surface area contributed by atoms with Crippen molar-refractivity contribution < 1.29 is 19.1 Å². The van der Waals surface area contributed by atoms with Crippen LogP contribution >= 0.6 is 24.0 Å². The first kappa shape index (κ1) is 16.5. The molecule has 0 spiro atoms. The largest absolute Gasteiger partial charge is 0.480 e. The molecule has 1 saturated heterocycles. The number of thioether (sulfide) groups is 1. The van der Waals surface area contributed by atoms with Gasteiger partial charge >= 0.3 is 5.97 Å². The fourth-order valence-corrected chi connectivity index (χ4v) is 3.32. The molecule has 0 radical (unpaired) electrons. The number of amides is 1. The number of carboxylic acids is 1. The van der Waals surface area contributed by atoms with E-state index >= 15 is 0 Å². The minimum Gasteiger partial charge on any atom is -0.480 e. The molecule has 1 unspecified atom stereocenters. The van der Waals surface area contributed by atoms with Crippen molar-refractivity contribution in [1.82, 2.24) is 4.90 Å². The summed E-state index contributed by atoms with van der Waals surface area (Å²) in [6.45, 7) is 1.87. The summed E-state index contributed by atoms with van der Waals surface area (Å²) < 4.78 is 5.43. The normalized spacial score (nSPS) is 18.6. The zero-order valence-corrected chi connectivity index (χ0v) is 13.5. The molecule has 1 fully saturated rings. The highest BCUT2D eigenvalue weighted by molar-refractivity contribution is 8.26. The Morgan fingerprint density at radius 2 is 2.36 bits per heavy atom. The first-order valence-electron chi connectivity index (χ1n) is 6.74. The molecule has 1 atom stereocenters. The molecule has 1 aliphatic heterocycles. The maximum atomic E-state index is 12.4. The first-order valence-corrected chi connectivity index (χ1v) is 7.97. The number of hydrogen-bond acceptors (Lipinski definition) is 5. The Hall–Kier alpha value is -1.86. The van der Waals surface area contributed by atoms with Crippen LogP contribution in [0, 0.1) is 0 Å². The lowest BCUT2D eigenvalue weighted by Crippen LogP contribution is -2.43. The van der Waals surface area contributed by atoms with Crippen LogP contribution in [0.25, 0.3) is 6.08 Å². The number of nitrogens with zero attached hydrogens (tertiary/aromatic N) is 1. The Bertz CT molecular complexity index is 634. The van der Waals surface area contributed by atoms with Gasteiger partial charge in [-0.2, -0.15) is 0 Å². The number of thiocarbonyl (C=S) groups is 1. The molecule has 2 rings (SSSR count). The van der Waals surface area contributed by atoms with E-state index in [1.165, 1.54) is 4.90 Å². The molecular weight excluding hydrogens is 322 g/mol. The maximum Gasteiger partial charge on any atom is 0.326 e. The van der Waals surface area contributed by atoms with Crippen LogP contribution in [0.3, 0.4) is 0 Å². The Morgan fingerprint density at radius 1 is 1.59 bits per heavy atom. The summed E-state index contributed by atoms with van der Waals surface area (Å²) in [5, 5.41) is 9.28. The van der Waals surface area contributed by atoms with E-state index in [2.05, 4.69) is 0 Å². The standard InChI is InChI=1S/C15H15NO4S2/c1-2-5-11(14(18)19)16-13(17)12(22-15(16)21)8-3-6-10-7-4-9-20-10/h3-4,6-9,11H,2,5H2,1H3,(H,18,19). The highest BCUT2D eigenvalue weighted by atomic mass is 32.2. The van der Waals surface area contributed by atoms with Gasteiger partial charge in [-0.1, -0.05) is 43.4 Å². The van der Waals surface area contributed by atoms with Gasteiger partial charge in [0, 0.05) is 0 Å². The van der Waals surface area contributed by atoms with Crippen LogP contribution in [0.5, 0.6) is 0 Å². The van der Waals surface area contributed by atoms with Gasteiger partial charge in [-0.3, -0.25) is 9.69 Å². The van der Waals surface area contributed by atoms with Gasteiger partial charge in [-0.15, -0.1) is 0 Å². The summed E-state index contributed by atoms with van der Waals surface area (Å²) in [6, 6.07) is 2.65. The second-order valence-electron chi connectivity index (χ2n) is 4.59. The third kappa shape index (κ3) is 3.66. The van der Waals surface area contributed by atoms with Gasteiger partial charge in [0.05, 0.1) is 11.2 Å². The van der Waals surface area contributed by atoms with E-state index < -0.39 is 12.0 Å². The molecule has 0 aliphatic carbocycles. The zero-order chi connectivity index (χ0) is 16.1. The van der Waals surface area contributed by atoms with Crippen LogP contribution in [0.15, 0.2) is 39.9 Å². The Balaban J connectivity index is 2.15. The van der Waals surface area contributed by atoms with Crippen molar-refractivity contribution >= 4 is 46.3 Å². The van der Waals surface area contributed by atoms with Crippen LogP contribution in [0.4, 0.5) is 0 Å². The quantitative estimate of drug-likeness (QED) is 0.634. The van der Waals surface area contributed by atoms with Crippen LogP contribution in [-0.4, -0.2) is 32.2 Å². The van der Waals surface area contributed by atoms with Crippen LogP contribution < -0.4 is 0 Å². The third-order valence-corrected chi connectivity index (χ3v) is 4.38. The fourth-order valence-electron chi connectivity index (χ4n) is 2.02. The Morgan fingerprint density at radius 3 is 2.95 bits per heavy atom. The topological polar surface area (TPSA) is 70.8 Å². The lowest BCUT2D eigenvalue weighted by molar-refractivity contribution is -0.145. The average Bonchev–Trinajstić information content (AvgIpc) is 3.06. The van der Waals surface area contributed by atoms with Crippen molar-refractivity contribution in [3.63, 3.8) is 0 Å². The van der Waals surface area contributed by atoms with Crippen LogP contribution in [0.1, 0.15) is 25.5 Å². The molecule has 0 bridgehead atoms. The monoisotopic (exact) mass is 337 g/mol. The molecule has 2 heterocycles. The molecule has 1 aromatic heterocycles. The van der Waals surface area contributed by atoms with E-state index in [0.29, 0.717) is 23.5 Å². The van der Waals surface area contributed by atoms with Crippen molar-refractivity contribution in [2.45, 2.75) is 25.8 Å². The Labute approximate surface area is 137 Å². The predicted octanol–water partition coefficient (Wildman–Crippen LogP) is 3.29. The van der Waals surface area contributed by atoms with Crippen molar-refractivity contribution in [3.05, 3.63) is 41.2 Å². The molecule has 5 nitrogen and oxygen atoms in total. The van der Waals surface area contributed by atoms with Crippen molar-refractivity contribution in [2.75, 3.05) is 0 Å². The minimum atomic E-state index is -1.04. The molecule has 1 amide bonds. The van der Waals surface area contributed by atoms with Crippen LogP contribution in [0.2, 0.25) is 0 Å². The molecule has 0 aromatic carbocycles. The highest BCUT2D eigenvalue weighted by Gasteiger charge is 2.39. The number of furan rings is 1. The predicted molar refractivity (Wildman–Crippen MR) is 89.2 cm³/mol. The minimum absolute atomic E-state index is 0.281. The number of aliphatic carboxylic acids is 1. The van der Waals surface area contributed by atoms with Gasteiger partial charge in [0.15, 0.2) is 0 Å². The Kier molecular flexibility index (Phi) is 5.57. The molecule has 0 saturated carbocycles. The van der Waals surface area contributed by atoms with Crippen molar-refractivity contribution in [2.24, 2.45) is 0 Å².